The van der Waals surface area contributed by atoms with E-state index in [9.17, 15) is 4.79 Å². The maximum atomic E-state index is 11.4. The first kappa shape index (κ1) is 9.95. The second kappa shape index (κ2) is 3.22. The molecular weight excluding hydrogens is 172 g/mol. The van der Waals surface area contributed by atoms with Crippen molar-refractivity contribution in [1.82, 2.24) is 0 Å². The molecule has 78 valence electrons. The lowest BCUT2D eigenvalue weighted by atomic mass is 9.60. The Morgan fingerprint density at radius 2 is 2.00 bits per heavy atom. The average molecular weight is 192 g/mol. The lowest BCUT2D eigenvalue weighted by Crippen LogP contribution is -2.35. The van der Waals surface area contributed by atoms with E-state index in [0.29, 0.717) is 11.7 Å². The number of carbonyl (C=O) groups is 1. The fraction of sp³-hybridized carbons (Fsp3) is 0.769. The number of hydrogen-bond donors (Lipinski definition) is 0. The molecule has 0 saturated heterocycles. The summed E-state index contributed by atoms with van der Waals surface area (Å²) in [5, 5.41) is 0. The smallest absolute Gasteiger partial charge is 0.155 e. The summed E-state index contributed by atoms with van der Waals surface area (Å²) in [7, 11) is 0. The van der Waals surface area contributed by atoms with Gasteiger partial charge in [0, 0.05) is 6.42 Å². The van der Waals surface area contributed by atoms with Crippen molar-refractivity contribution in [2.45, 2.75) is 46.5 Å². The van der Waals surface area contributed by atoms with Gasteiger partial charge in [-0.1, -0.05) is 26.3 Å². The number of hydrogen-bond acceptors (Lipinski definition) is 1. The van der Waals surface area contributed by atoms with Crippen LogP contribution < -0.4 is 0 Å². The van der Waals surface area contributed by atoms with Gasteiger partial charge in [0.05, 0.1) is 0 Å². The molecular formula is C13H20O. The third-order valence-corrected chi connectivity index (χ3v) is 4.42. The molecule has 1 saturated carbocycles. The molecule has 0 heterocycles. The van der Waals surface area contributed by atoms with Gasteiger partial charge in [-0.25, -0.2) is 0 Å². The van der Waals surface area contributed by atoms with Crippen molar-refractivity contribution < 1.29 is 4.79 Å². The summed E-state index contributed by atoms with van der Waals surface area (Å²) in [6, 6.07) is 0. The van der Waals surface area contributed by atoms with Crippen LogP contribution in [0.25, 0.3) is 0 Å². The first-order valence-corrected chi connectivity index (χ1v) is 5.76. The molecule has 2 atom stereocenters. The Morgan fingerprint density at radius 3 is 2.71 bits per heavy atom. The summed E-state index contributed by atoms with van der Waals surface area (Å²) >= 11 is 0. The maximum Gasteiger partial charge on any atom is 0.155 e. The molecule has 0 bridgehead atoms. The van der Waals surface area contributed by atoms with Crippen molar-refractivity contribution in [2.75, 3.05) is 0 Å². The van der Waals surface area contributed by atoms with Crippen molar-refractivity contribution in [1.29, 1.82) is 0 Å². The van der Waals surface area contributed by atoms with Crippen molar-refractivity contribution >= 4 is 5.78 Å². The number of carbonyl (C=O) groups excluding carboxylic acids is 1. The highest BCUT2D eigenvalue weighted by molar-refractivity contribution is 5.91. The zero-order chi connectivity index (χ0) is 10.3. The van der Waals surface area contributed by atoms with Gasteiger partial charge >= 0.3 is 0 Å². The van der Waals surface area contributed by atoms with E-state index in [1.54, 1.807) is 0 Å². The molecule has 14 heavy (non-hydrogen) atoms. The molecule has 2 aliphatic carbocycles. The predicted molar refractivity (Wildman–Crippen MR) is 58.0 cm³/mol. The van der Waals surface area contributed by atoms with E-state index >= 15 is 0 Å². The SMILES string of the molecule is C[C@H]1CC[C@@H]2CCC(=O)C=C2C1(C)C. The molecule has 0 aromatic heterocycles. The maximum absolute atomic E-state index is 11.4. The highest BCUT2D eigenvalue weighted by Crippen LogP contribution is 2.49. The number of rotatable bonds is 0. The number of fused-ring (bicyclic) bond motifs is 1. The Kier molecular flexibility index (Phi) is 2.29. The lowest BCUT2D eigenvalue weighted by Gasteiger charge is -2.45. The monoisotopic (exact) mass is 192 g/mol. The quantitative estimate of drug-likeness (QED) is 0.575. The van der Waals surface area contributed by atoms with Crippen LogP contribution in [0.1, 0.15) is 46.5 Å². The Balaban J connectivity index is 2.35. The Bertz CT molecular complexity index is 286. The third-order valence-electron chi connectivity index (χ3n) is 4.42. The van der Waals surface area contributed by atoms with Crippen LogP contribution >= 0.6 is 0 Å². The van der Waals surface area contributed by atoms with Crippen LogP contribution in [0.2, 0.25) is 0 Å². The summed E-state index contributed by atoms with van der Waals surface area (Å²) < 4.78 is 0. The third kappa shape index (κ3) is 1.43. The van der Waals surface area contributed by atoms with E-state index in [1.807, 2.05) is 6.08 Å². The van der Waals surface area contributed by atoms with Crippen LogP contribution in [0.15, 0.2) is 11.6 Å². The highest BCUT2D eigenvalue weighted by Gasteiger charge is 2.40. The van der Waals surface area contributed by atoms with Gasteiger partial charge in [-0.2, -0.15) is 0 Å². The van der Waals surface area contributed by atoms with Gasteiger partial charge in [0.15, 0.2) is 5.78 Å². The highest BCUT2D eigenvalue weighted by atomic mass is 16.1. The summed E-state index contributed by atoms with van der Waals surface area (Å²) in [5.41, 5.74) is 1.69. The minimum Gasteiger partial charge on any atom is -0.295 e. The zero-order valence-electron chi connectivity index (χ0n) is 9.47. The van der Waals surface area contributed by atoms with Gasteiger partial charge in [0.1, 0.15) is 0 Å². The van der Waals surface area contributed by atoms with E-state index in [1.165, 1.54) is 18.4 Å². The van der Waals surface area contributed by atoms with Gasteiger partial charge in [-0.3, -0.25) is 4.79 Å². The second-order valence-corrected chi connectivity index (χ2v) is 5.50. The molecule has 0 unspecified atom stereocenters. The normalized spacial score (nSPS) is 36.2. The minimum atomic E-state index is 0.249. The van der Waals surface area contributed by atoms with E-state index in [-0.39, 0.29) is 5.41 Å². The summed E-state index contributed by atoms with van der Waals surface area (Å²) in [6.07, 6.45) is 6.44. The summed E-state index contributed by atoms with van der Waals surface area (Å²) in [6.45, 7) is 6.92. The largest absolute Gasteiger partial charge is 0.295 e. The Hall–Kier alpha value is -0.590. The lowest BCUT2D eigenvalue weighted by molar-refractivity contribution is -0.115. The number of ketones is 1. The van der Waals surface area contributed by atoms with Gasteiger partial charge in [-0.05, 0) is 42.6 Å². The molecule has 0 aromatic carbocycles. The van der Waals surface area contributed by atoms with Crippen molar-refractivity contribution in [2.24, 2.45) is 17.3 Å². The molecule has 0 spiro atoms. The summed E-state index contributed by atoms with van der Waals surface area (Å²) in [4.78, 5) is 11.4. The average Bonchev–Trinajstić information content (AvgIpc) is 2.13. The van der Waals surface area contributed by atoms with Crippen molar-refractivity contribution in [3.05, 3.63) is 11.6 Å². The molecule has 1 nitrogen and oxygen atoms in total. The van der Waals surface area contributed by atoms with Crippen molar-refractivity contribution in [3.8, 4) is 0 Å². The molecule has 1 heteroatoms. The number of allylic oxidation sites excluding steroid dienone is 2. The Labute approximate surface area is 86.6 Å². The molecule has 0 amide bonds. The fourth-order valence-electron chi connectivity index (χ4n) is 2.94. The van der Waals surface area contributed by atoms with E-state index in [0.717, 1.165) is 18.8 Å². The zero-order valence-corrected chi connectivity index (χ0v) is 9.47. The molecule has 0 aromatic rings. The van der Waals surface area contributed by atoms with Gasteiger partial charge in [-0.15, -0.1) is 0 Å². The van der Waals surface area contributed by atoms with E-state index in [2.05, 4.69) is 20.8 Å². The topological polar surface area (TPSA) is 17.1 Å². The van der Waals surface area contributed by atoms with Crippen LogP contribution in [0.5, 0.6) is 0 Å². The fourth-order valence-corrected chi connectivity index (χ4v) is 2.94. The first-order chi connectivity index (χ1) is 6.51. The molecule has 2 aliphatic rings. The van der Waals surface area contributed by atoms with Gasteiger partial charge in [0.2, 0.25) is 0 Å². The Morgan fingerprint density at radius 1 is 1.29 bits per heavy atom. The van der Waals surface area contributed by atoms with Crippen LogP contribution in [0.3, 0.4) is 0 Å². The van der Waals surface area contributed by atoms with Crippen molar-refractivity contribution in [3.63, 3.8) is 0 Å². The predicted octanol–water partition coefficient (Wildman–Crippen LogP) is 3.35. The van der Waals surface area contributed by atoms with E-state index in [4.69, 9.17) is 0 Å². The molecule has 0 radical (unpaired) electrons. The second-order valence-electron chi connectivity index (χ2n) is 5.50. The first-order valence-electron chi connectivity index (χ1n) is 5.76. The van der Waals surface area contributed by atoms with Crippen LogP contribution in [0, 0.1) is 17.3 Å². The molecule has 2 rings (SSSR count). The molecule has 0 aliphatic heterocycles. The molecule has 0 N–H and O–H groups in total. The van der Waals surface area contributed by atoms with Crippen LogP contribution in [-0.4, -0.2) is 5.78 Å². The van der Waals surface area contributed by atoms with E-state index < -0.39 is 0 Å². The van der Waals surface area contributed by atoms with Gasteiger partial charge in [0.25, 0.3) is 0 Å². The minimum absolute atomic E-state index is 0.249. The van der Waals surface area contributed by atoms with Gasteiger partial charge < -0.3 is 0 Å². The van der Waals surface area contributed by atoms with Crippen LogP contribution in [-0.2, 0) is 4.79 Å². The standard InChI is InChI=1S/C13H20O/c1-9-4-5-10-6-7-11(14)8-12(10)13(9,2)3/h8-10H,4-7H2,1-3H3/t9-,10+/m0/s1. The van der Waals surface area contributed by atoms with Crippen LogP contribution in [0.4, 0.5) is 0 Å². The molecule has 1 fully saturated rings. The summed E-state index contributed by atoms with van der Waals surface area (Å²) in [5.74, 6) is 1.77.